The van der Waals surface area contributed by atoms with E-state index in [-0.39, 0.29) is 0 Å². The maximum Gasteiger partial charge on any atom is 0.159 e. The van der Waals surface area contributed by atoms with Gasteiger partial charge in [0.1, 0.15) is 0 Å². The van der Waals surface area contributed by atoms with Gasteiger partial charge in [-0.3, -0.25) is 0 Å². The summed E-state index contributed by atoms with van der Waals surface area (Å²) < 4.78 is 25.9. The minimum absolute atomic E-state index is 0.376. The van der Waals surface area contributed by atoms with Crippen LogP contribution >= 0.6 is 0 Å². The van der Waals surface area contributed by atoms with Crippen molar-refractivity contribution in [2.24, 2.45) is 5.11 Å². The maximum absolute atomic E-state index is 13.1. The molecule has 0 spiro atoms. The van der Waals surface area contributed by atoms with E-state index >= 15 is 0 Å². The molecule has 2 aromatic carbocycles. The van der Waals surface area contributed by atoms with Gasteiger partial charge >= 0.3 is 0 Å². The van der Waals surface area contributed by atoms with Crippen molar-refractivity contribution in [2.75, 3.05) is 0 Å². The van der Waals surface area contributed by atoms with Crippen LogP contribution in [0.4, 0.5) is 14.5 Å². The Morgan fingerprint density at radius 2 is 1.76 bits per heavy atom. The molecule has 0 heterocycles. The minimum atomic E-state index is -0.932. The summed E-state index contributed by atoms with van der Waals surface area (Å²) in [7, 11) is 0. The number of hydrogen-bond acceptors (Lipinski definition) is 1. The second kappa shape index (κ2) is 4.63. The summed E-state index contributed by atoms with van der Waals surface area (Å²) in [5, 5.41) is 3.50. The lowest BCUT2D eigenvalue weighted by Crippen LogP contribution is -1.85. The number of rotatable bonds is 2. The summed E-state index contributed by atoms with van der Waals surface area (Å²) in [6.07, 6.45) is 0. The molecule has 0 fully saturated rings. The predicted molar refractivity (Wildman–Crippen MR) is 60.6 cm³/mol. The van der Waals surface area contributed by atoms with Crippen molar-refractivity contribution in [1.82, 2.24) is 0 Å². The number of halogens is 2. The van der Waals surface area contributed by atoms with Crippen LogP contribution in [0.15, 0.2) is 47.6 Å². The van der Waals surface area contributed by atoms with Crippen LogP contribution in [-0.2, 0) is 0 Å². The molecule has 0 radical (unpaired) electrons. The summed E-state index contributed by atoms with van der Waals surface area (Å²) in [5.41, 5.74) is 9.81. The van der Waals surface area contributed by atoms with Crippen molar-refractivity contribution >= 4 is 5.69 Å². The SMILES string of the molecule is [N-]=[N+]=Nc1ccccc1-c1ccc(F)c(F)c1. The highest BCUT2D eigenvalue weighted by Crippen LogP contribution is 2.30. The molecule has 0 bridgehead atoms. The van der Waals surface area contributed by atoms with Crippen LogP contribution in [0, 0.1) is 11.6 Å². The second-order valence-electron chi connectivity index (χ2n) is 3.34. The third-order valence-electron chi connectivity index (χ3n) is 2.29. The molecule has 0 aromatic heterocycles. The van der Waals surface area contributed by atoms with Gasteiger partial charge in [0.05, 0.1) is 0 Å². The van der Waals surface area contributed by atoms with E-state index in [0.717, 1.165) is 12.1 Å². The molecular formula is C12H7F2N3. The fourth-order valence-electron chi connectivity index (χ4n) is 1.52. The van der Waals surface area contributed by atoms with Crippen LogP contribution in [0.2, 0.25) is 0 Å². The van der Waals surface area contributed by atoms with Crippen LogP contribution < -0.4 is 0 Å². The normalized spacial score (nSPS) is 9.76. The number of hydrogen-bond donors (Lipinski definition) is 0. The molecule has 5 heteroatoms. The van der Waals surface area contributed by atoms with Gasteiger partial charge in [0.25, 0.3) is 0 Å². The fraction of sp³-hybridized carbons (Fsp3) is 0. The average Bonchev–Trinajstić information content (AvgIpc) is 2.34. The summed E-state index contributed by atoms with van der Waals surface area (Å²) >= 11 is 0. The molecule has 0 saturated carbocycles. The van der Waals surface area contributed by atoms with E-state index in [4.69, 9.17) is 5.53 Å². The third kappa shape index (κ3) is 2.24. The van der Waals surface area contributed by atoms with E-state index in [2.05, 4.69) is 10.0 Å². The van der Waals surface area contributed by atoms with Crippen molar-refractivity contribution in [1.29, 1.82) is 0 Å². The van der Waals surface area contributed by atoms with Crippen LogP contribution in [0.5, 0.6) is 0 Å². The Morgan fingerprint density at radius 3 is 2.47 bits per heavy atom. The first kappa shape index (κ1) is 11.1. The molecule has 0 saturated heterocycles. The van der Waals surface area contributed by atoms with Gasteiger partial charge < -0.3 is 0 Å². The average molecular weight is 231 g/mol. The van der Waals surface area contributed by atoms with E-state index in [1.807, 2.05) is 0 Å². The van der Waals surface area contributed by atoms with Gasteiger partial charge in [-0.05, 0) is 28.8 Å². The van der Waals surface area contributed by atoms with Crippen LogP contribution in [0.25, 0.3) is 21.6 Å². The summed E-state index contributed by atoms with van der Waals surface area (Å²) in [6, 6.07) is 10.3. The molecule has 0 atom stereocenters. The van der Waals surface area contributed by atoms with E-state index in [1.54, 1.807) is 24.3 Å². The highest BCUT2D eigenvalue weighted by atomic mass is 19.2. The van der Waals surface area contributed by atoms with Crippen molar-refractivity contribution < 1.29 is 8.78 Å². The Hall–Kier alpha value is -2.39. The molecule has 3 nitrogen and oxygen atoms in total. The lowest BCUT2D eigenvalue weighted by atomic mass is 10.0. The molecule has 17 heavy (non-hydrogen) atoms. The lowest BCUT2D eigenvalue weighted by Gasteiger charge is -2.05. The second-order valence-corrected chi connectivity index (χ2v) is 3.34. The molecule has 0 aliphatic carbocycles. The van der Waals surface area contributed by atoms with Gasteiger partial charge in [-0.25, -0.2) is 8.78 Å². The maximum atomic E-state index is 13.1. The van der Waals surface area contributed by atoms with E-state index < -0.39 is 11.6 Å². The first-order valence-corrected chi connectivity index (χ1v) is 4.82. The molecule has 0 amide bonds. The molecule has 2 rings (SSSR count). The molecular weight excluding hydrogens is 224 g/mol. The van der Waals surface area contributed by atoms with Crippen molar-refractivity contribution in [3.63, 3.8) is 0 Å². The first-order valence-electron chi connectivity index (χ1n) is 4.82. The summed E-state index contributed by atoms with van der Waals surface area (Å²) in [4.78, 5) is 2.69. The van der Waals surface area contributed by atoms with Gasteiger partial charge in [0, 0.05) is 10.6 Å². The molecule has 2 aromatic rings. The Kier molecular flexibility index (Phi) is 3.03. The number of azide groups is 1. The summed E-state index contributed by atoms with van der Waals surface area (Å²) in [6.45, 7) is 0. The zero-order valence-corrected chi connectivity index (χ0v) is 8.64. The molecule has 0 aliphatic heterocycles. The van der Waals surface area contributed by atoms with Gasteiger partial charge in [0.15, 0.2) is 11.6 Å². The van der Waals surface area contributed by atoms with Gasteiger partial charge in [-0.2, -0.15) is 0 Å². The van der Waals surface area contributed by atoms with Crippen molar-refractivity contribution in [3.05, 3.63) is 64.5 Å². The number of benzene rings is 2. The topological polar surface area (TPSA) is 48.8 Å². The molecule has 0 unspecified atom stereocenters. The minimum Gasteiger partial charge on any atom is -0.204 e. The highest BCUT2D eigenvalue weighted by Gasteiger charge is 2.07. The lowest BCUT2D eigenvalue weighted by molar-refractivity contribution is 0.509. The Labute approximate surface area is 96.0 Å². The zero-order valence-electron chi connectivity index (χ0n) is 8.64. The quantitative estimate of drug-likeness (QED) is 0.413. The Balaban J connectivity index is 2.59. The number of nitrogens with zero attached hydrogens (tertiary/aromatic N) is 3. The van der Waals surface area contributed by atoms with Crippen molar-refractivity contribution in [2.45, 2.75) is 0 Å². The van der Waals surface area contributed by atoms with Crippen LogP contribution in [0.1, 0.15) is 0 Å². The summed E-state index contributed by atoms with van der Waals surface area (Å²) in [5.74, 6) is -1.84. The highest BCUT2D eigenvalue weighted by molar-refractivity contribution is 5.75. The van der Waals surface area contributed by atoms with E-state index in [1.165, 1.54) is 6.07 Å². The standard InChI is InChI=1S/C12H7F2N3/c13-10-6-5-8(7-11(10)14)9-3-1-2-4-12(9)16-17-15/h1-7H. The van der Waals surface area contributed by atoms with Gasteiger partial charge in [0.2, 0.25) is 0 Å². The molecule has 0 aliphatic rings. The Morgan fingerprint density at radius 1 is 1.00 bits per heavy atom. The van der Waals surface area contributed by atoms with Gasteiger partial charge in [-0.1, -0.05) is 35.4 Å². The molecule has 84 valence electrons. The van der Waals surface area contributed by atoms with E-state index in [9.17, 15) is 8.78 Å². The van der Waals surface area contributed by atoms with E-state index in [0.29, 0.717) is 16.8 Å². The van der Waals surface area contributed by atoms with Crippen LogP contribution in [0.3, 0.4) is 0 Å². The smallest absolute Gasteiger partial charge is 0.159 e. The third-order valence-corrected chi connectivity index (χ3v) is 2.29. The fourth-order valence-corrected chi connectivity index (χ4v) is 1.52. The first-order chi connectivity index (χ1) is 8.22. The van der Waals surface area contributed by atoms with Gasteiger partial charge in [-0.15, -0.1) is 0 Å². The largest absolute Gasteiger partial charge is 0.204 e. The van der Waals surface area contributed by atoms with Crippen molar-refractivity contribution in [3.8, 4) is 11.1 Å². The zero-order chi connectivity index (χ0) is 12.3. The van der Waals surface area contributed by atoms with Crippen LogP contribution in [-0.4, -0.2) is 0 Å². The monoisotopic (exact) mass is 231 g/mol. The predicted octanol–water partition coefficient (Wildman–Crippen LogP) is 4.57. The Bertz CT molecular complexity index is 604. The molecule has 0 N–H and O–H groups in total.